The number of carbonyl (C=O) groups excluding carboxylic acids is 1. The highest BCUT2D eigenvalue weighted by atomic mass is 35.5. The van der Waals surface area contributed by atoms with E-state index in [0.29, 0.717) is 12.5 Å². The quantitative estimate of drug-likeness (QED) is 0.309. The van der Waals surface area contributed by atoms with Crippen LogP contribution in [0.5, 0.6) is 0 Å². The highest BCUT2D eigenvalue weighted by Gasteiger charge is 2.40. The highest BCUT2D eigenvalue weighted by Crippen LogP contribution is 2.35. The number of anilines is 2. The fraction of sp³-hybridized carbons (Fsp3) is 0.438. The molecule has 0 spiro atoms. The zero-order valence-corrected chi connectivity index (χ0v) is 23.4. The van der Waals surface area contributed by atoms with Crippen LogP contribution in [-0.2, 0) is 24.2 Å². The molecular weight excluding hydrogens is 492 g/mol. The molecular formula is C32H39ClN4O. The number of nitrogens with one attached hydrogen (secondary N) is 1. The Morgan fingerprint density at radius 1 is 1.05 bits per heavy atom. The van der Waals surface area contributed by atoms with Crippen LogP contribution in [0.25, 0.3) is 0 Å². The predicted molar refractivity (Wildman–Crippen MR) is 157 cm³/mol. The van der Waals surface area contributed by atoms with Gasteiger partial charge in [0.05, 0.1) is 0 Å². The molecule has 1 unspecified atom stereocenters. The van der Waals surface area contributed by atoms with Crippen LogP contribution in [0, 0.1) is 6.92 Å². The molecule has 6 heteroatoms. The summed E-state index contributed by atoms with van der Waals surface area (Å²) >= 11 is 6.22. The van der Waals surface area contributed by atoms with Crippen molar-refractivity contribution >= 4 is 29.0 Å². The molecule has 1 atom stereocenters. The van der Waals surface area contributed by atoms with E-state index in [1.807, 2.05) is 24.4 Å². The average Bonchev–Trinajstić information content (AvgIpc) is 3.32. The Kier molecular flexibility index (Phi) is 8.65. The van der Waals surface area contributed by atoms with Crippen molar-refractivity contribution in [1.29, 1.82) is 0 Å². The van der Waals surface area contributed by atoms with Crippen LogP contribution in [0.3, 0.4) is 0 Å². The first-order valence-corrected chi connectivity index (χ1v) is 14.5. The van der Waals surface area contributed by atoms with Crippen molar-refractivity contribution in [3.63, 3.8) is 0 Å². The largest absolute Gasteiger partial charge is 0.341 e. The van der Waals surface area contributed by atoms with Gasteiger partial charge in [0.25, 0.3) is 0 Å². The van der Waals surface area contributed by atoms with Gasteiger partial charge in [0, 0.05) is 49.0 Å². The monoisotopic (exact) mass is 530 g/mol. The lowest BCUT2D eigenvalue weighted by Gasteiger charge is -2.40. The van der Waals surface area contributed by atoms with E-state index in [0.717, 1.165) is 61.0 Å². The highest BCUT2D eigenvalue weighted by molar-refractivity contribution is 6.31. The molecule has 2 aliphatic heterocycles. The molecule has 0 bridgehead atoms. The van der Waals surface area contributed by atoms with E-state index < -0.39 is 0 Å². The molecule has 2 aliphatic rings. The van der Waals surface area contributed by atoms with Crippen molar-refractivity contribution in [3.8, 4) is 0 Å². The summed E-state index contributed by atoms with van der Waals surface area (Å²) in [6.07, 6.45) is 9.26. The van der Waals surface area contributed by atoms with Crippen LogP contribution < -0.4 is 10.2 Å². The number of pyridine rings is 1. The first-order valence-electron chi connectivity index (χ1n) is 14.1. The maximum Gasteiger partial charge on any atom is 0.247 e. The maximum absolute atomic E-state index is 13.7. The Bertz CT molecular complexity index is 1250. The average molecular weight is 531 g/mol. The van der Waals surface area contributed by atoms with Crippen LogP contribution in [0.1, 0.15) is 61.3 Å². The summed E-state index contributed by atoms with van der Waals surface area (Å²) < 4.78 is 0. The van der Waals surface area contributed by atoms with Gasteiger partial charge in [-0.2, -0.15) is 0 Å². The van der Waals surface area contributed by atoms with E-state index in [1.165, 1.54) is 36.0 Å². The third-order valence-corrected chi connectivity index (χ3v) is 8.43. The summed E-state index contributed by atoms with van der Waals surface area (Å²) in [5.41, 5.74) is 5.76. The minimum Gasteiger partial charge on any atom is -0.341 e. The second kappa shape index (κ2) is 12.3. The lowest BCUT2D eigenvalue weighted by molar-refractivity contribution is -0.117. The number of nitrogens with zero attached hydrogens (tertiary/aromatic N) is 3. The normalized spacial score (nSPS) is 18.0. The lowest BCUT2D eigenvalue weighted by atomic mass is 10.0. The van der Waals surface area contributed by atoms with Crippen molar-refractivity contribution < 1.29 is 4.79 Å². The molecule has 2 aromatic carbocycles. The number of aromatic nitrogens is 1. The Morgan fingerprint density at radius 2 is 1.89 bits per heavy atom. The number of halogens is 1. The molecule has 1 fully saturated rings. The Hall–Kier alpha value is -2.89. The van der Waals surface area contributed by atoms with Gasteiger partial charge < -0.3 is 10.2 Å². The van der Waals surface area contributed by atoms with Crippen molar-refractivity contribution in [2.24, 2.45) is 0 Å². The summed E-state index contributed by atoms with van der Waals surface area (Å²) in [7, 11) is 0. The number of amides is 1. The second-order valence-corrected chi connectivity index (χ2v) is 11.3. The SMILES string of the molecule is CCCCCc1cccc(NC(=O)C2Cc3cccnc3N2C2CCN(Cc3ccc(Cl)c(C)c3)CC2)c1. The molecule has 1 amide bonds. The van der Waals surface area contributed by atoms with Gasteiger partial charge in [0.15, 0.2) is 0 Å². The number of piperidine rings is 1. The second-order valence-electron chi connectivity index (χ2n) is 10.9. The molecule has 0 saturated carbocycles. The smallest absolute Gasteiger partial charge is 0.247 e. The first-order chi connectivity index (χ1) is 18.5. The Morgan fingerprint density at radius 3 is 2.68 bits per heavy atom. The minimum absolute atomic E-state index is 0.0628. The first kappa shape index (κ1) is 26.7. The fourth-order valence-electron chi connectivity index (χ4n) is 5.95. The molecule has 38 heavy (non-hydrogen) atoms. The van der Waals surface area contributed by atoms with E-state index in [9.17, 15) is 4.79 Å². The molecule has 3 aromatic rings. The topological polar surface area (TPSA) is 48.5 Å². The molecule has 200 valence electrons. The lowest BCUT2D eigenvalue weighted by Crippen LogP contribution is -2.51. The van der Waals surface area contributed by atoms with Crippen LogP contribution in [-0.4, -0.2) is 41.0 Å². The molecule has 3 heterocycles. The van der Waals surface area contributed by atoms with Crippen molar-refractivity contribution in [2.45, 2.75) is 77.4 Å². The van der Waals surface area contributed by atoms with Gasteiger partial charge in [-0.3, -0.25) is 9.69 Å². The molecule has 0 aliphatic carbocycles. The van der Waals surface area contributed by atoms with Gasteiger partial charge in [-0.25, -0.2) is 4.98 Å². The number of fused-ring (bicyclic) bond motifs is 1. The van der Waals surface area contributed by atoms with Crippen LogP contribution in [0.15, 0.2) is 60.8 Å². The van der Waals surface area contributed by atoms with Gasteiger partial charge in [-0.05, 0) is 79.1 Å². The van der Waals surface area contributed by atoms with E-state index in [4.69, 9.17) is 16.6 Å². The van der Waals surface area contributed by atoms with Gasteiger partial charge in [-0.15, -0.1) is 0 Å². The van der Waals surface area contributed by atoms with E-state index in [-0.39, 0.29) is 11.9 Å². The number of carbonyl (C=O) groups is 1. The number of hydrogen-bond donors (Lipinski definition) is 1. The number of rotatable bonds is 9. The molecule has 5 rings (SSSR count). The van der Waals surface area contributed by atoms with Crippen molar-refractivity contribution in [1.82, 2.24) is 9.88 Å². The molecule has 1 saturated heterocycles. The van der Waals surface area contributed by atoms with Gasteiger partial charge in [0.2, 0.25) is 5.91 Å². The van der Waals surface area contributed by atoms with Crippen molar-refractivity contribution in [2.75, 3.05) is 23.3 Å². The summed E-state index contributed by atoms with van der Waals surface area (Å²) in [5, 5.41) is 4.06. The Labute approximate surface area is 232 Å². The van der Waals surface area contributed by atoms with E-state index >= 15 is 0 Å². The zero-order valence-electron chi connectivity index (χ0n) is 22.6. The number of benzene rings is 2. The summed E-state index contributed by atoms with van der Waals surface area (Å²) in [5.74, 6) is 1.04. The minimum atomic E-state index is -0.237. The van der Waals surface area contributed by atoms with E-state index in [2.05, 4.69) is 65.4 Å². The van der Waals surface area contributed by atoms with Crippen LogP contribution in [0.2, 0.25) is 5.02 Å². The predicted octanol–water partition coefficient (Wildman–Crippen LogP) is 6.81. The number of likely N-dealkylation sites (tertiary alicyclic amines) is 1. The standard InChI is InChI=1S/C32H39ClN4O/c1-3-4-5-8-24-9-6-11-27(20-24)35-32(38)30-21-26-10-7-16-34-31(26)37(30)28-14-17-36(18-15-28)22-25-12-13-29(33)23(2)19-25/h6-7,9-13,16,19-20,28,30H,3-5,8,14-15,17-18,21-22H2,1-2H3,(H,35,38). The molecule has 1 aromatic heterocycles. The summed E-state index contributed by atoms with van der Waals surface area (Å²) in [6.45, 7) is 7.21. The summed E-state index contributed by atoms with van der Waals surface area (Å²) in [4.78, 5) is 23.2. The van der Waals surface area contributed by atoms with Gasteiger partial charge in [-0.1, -0.05) is 61.7 Å². The Balaban J connectivity index is 1.26. The number of aryl methyl sites for hydroxylation is 2. The maximum atomic E-state index is 13.7. The van der Waals surface area contributed by atoms with Gasteiger partial charge in [0.1, 0.15) is 11.9 Å². The number of hydrogen-bond acceptors (Lipinski definition) is 4. The molecule has 5 nitrogen and oxygen atoms in total. The summed E-state index contributed by atoms with van der Waals surface area (Å²) in [6, 6.07) is 18.8. The van der Waals surface area contributed by atoms with Gasteiger partial charge >= 0.3 is 0 Å². The molecule has 1 N–H and O–H groups in total. The number of unbranched alkanes of at least 4 members (excludes halogenated alkanes) is 2. The third kappa shape index (κ3) is 6.22. The van der Waals surface area contributed by atoms with E-state index in [1.54, 1.807) is 0 Å². The zero-order chi connectivity index (χ0) is 26.5. The molecule has 0 radical (unpaired) electrons. The van der Waals surface area contributed by atoms with Crippen LogP contribution >= 0.6 is 11.6 Å². The van der Waals surface area contributed by atoms with Crippen molar-refractivity contribution in [3.05, 3.63) is 88.1 Å². The third-order valence-electron chi connectivity index (χ3n) is 8.01. The fourth-order valence-corrected chi connectivity index (χ4v) is 6.07. The van der Waals surface area contributed by atoms with Crippen LogP contribution in [0.4, 0.5) is 11.5 Å².